The zero-order chi connectivity index (χ0) is 16.8. The van der Waals surface area contributed by atoms with Gasteiger partial charge in [0.25, 0.3) is 0 Å². The first-order valence-corrected chi connectivity index (χ1v) is 8.72. The molecule has 1 aliphatic carbocycles. The first kappa shape index (κ1) is 17.7. The zero-order valence-electron chi connectivity index (χ0n) is 14.9. The van der Waals surface area contributed by atoms with Crippen LogP contribution >= 0.6 is 0 Å². The van der Waals surface area contributed by atoms with Gasteiger partial charge < -0.3 is 5.32 Å². The summed E-state index contributed by atoms with van der Waals surface area (Å²) in [5, 5.41) is 3.02. The Kier molecular flexibility index (Phi) is 6.40. The van der Waals surface area contributed by atoms with Crippen molar-refractivity contribution in [1.29, 1.82) is 0 Å². The van der Waals surface area contributed by atoms with E-state index in [1.54, 1.807) is 0 Å². The minimum Gasteiger partial charge on any atom is -0.354 e. The number of likely N-dealkylation sites (N-methyl/N-ethyl adjacent to an activating group) is 1. The summed E-state index contributed by atoms with van der Waals surface area (Å²) in [7, 11) is 2.15. The number of amides is 1. The van der Waals surface area contributed by atoms with Gasteiger partial charge in [0.15, 0.2) is 0 Å². The van der Waals surface area contributed by atoms with E-state index in [9.17, 15) is 4.79 Å². The van der Waals surface area contributed by atoms with Crippen LogP contribution in [0.5, 0.6) is 0 Å². The third kappa shape index (κ3) is 5.83. The molecule has 1 unspecified atom stereocenters. The van der Waals surface area contributed by atoms with Crippen molar-refractivity contribution in [3.8, 4) is 0 Å². The lowest BCUT2D eigenvalue weighted by Crippen LogP contribution is -2.41. The molecule has 0 saturated heterocycles. The van der Waals surface area contributed by atoms with Crippen molar-refractivity contribution >= 4 is 12.0 Å². The Morgan fingerprint density at radius 1 is 1.26 bits per heavy atom. The summed E-state index contributed by atoms with van der Waals surface area (Å²) in [5.74, 6) is 0.644. The van der Waals surface area contributed by atoms with Crippen molar-refractivity contribution in [3.05, 3.63) is 41.5 Å². The fraction of sp³-hybridized carbons (Fsp3) is 0.550. The van der Waals surface area contributed by atoms with Gasteiger partial charge in [-0.2, -0.15) is 0 Å². The molecule has 1 aromatic carbocycles. The van der Waals surface area contributed by atoms with E-state index in [0.29, 0.717) is 18.4 Å². The van der Waals surface area contributed by atoms with E-state index in [1.165, 1.54) is 18.4 Å². The topological polar surface area (TPSA) is 32.3 Å². The Morgan fingerprint density at radius 2 is 1.91 bits per heavy atom. The summed E-state index contributed by atoms with van der Waals surface area (Å²) in [5.41, 5.74) is 2.48. The molecule has 1 aliphatic rings. The number of nitrogens with one attached hydrogen (secondary N) is 1. The van der Waals surface area contributed by atoms with Crippen LogP contribution in [-0.2, 0) is 4.79 Å². The number of carbonyl (C=O) groups excluding carboxylic acids is 1. The largest absolute Gasteiger partial charge is 0.354 e. The maximum atomic E-state index is 11.9. The van der Waals surface area contributed by atoms with E-state index in [4.69, 9.17) is 0 Å². The van der Waals surface area contributed by atoms with E-state index in [0.717, 1.165) is 18.2 Å². The molecule has 1 N–H and O–H groups in total. The lowest BCUT2D eigenvalue weighted by atomic mass is 10.0. The Bertz CT molecular complexity index is 529. The highest BCUT2D eigenvalue weighted by Crippen LogP contribution is 2.26. The molecule has 1 aromatic rings. The van der Waals surface area contributed by atoms with Crippen LogP contribution in [0.1, 0.15) is 57.1 Å². The monoisotopic (exact) mass is 314 g/mol. The fourth-order valence-corrected chi connectivity index (χ4v) is 2.61. The van der Waals surface area contributed by atoms with Crippen molar-refractivity contribution in [2.75, 3.05) is 13.6 Å². The second kappa shape index (κ2) is 8.30. The SMILES string of the molecule is CC(C)c1ccc(C=CCC(=O)NCC(C)N(C)C2CC2)cc1. The number of carbonyl (C=O) groups is 1. The van der Waals surface area contributed by atoms with Crippen LogP contribution < -0.4 is 5.32 Å². The van der Waals surface area contributed by atoms with Crippen LogP contribution in [0, 0.1) is 0 Å². The van der Waals surface area contributed by atoms with Crippen molar-refractivity contribution in [3.63, 3.8) is 0 Å². The molecule has 126 valence electrons. The molecule has 1 atom stereocenters. The van der Waals surface area contributed by atoms with Crippen LogP contribution in [0.2, 0.25) is 0 Å². The molecular weight excluding hydrogens is 284 g/mol. The number of nitrogens with zero attached hydrogens (tertiary/aromatic N) is 1. The van der Waals surface area contributed by atoms with E-state index in [-0.39, 0.29) is 5.91 Å². The zero-order valence-corrected chi connectivity index (χ0v) is 14.9. The highest BCUT2D eigenvalue weighted by Gasteiger charge is 2.28. The quantitative estimate of drug-likeness (QED) is 0.791. The smallest absolute Gasteiger partial charge is 0.223 e. The van der Waals surface area contributed by atoms with Crippen LogP contribution in [0.25, 0.3) is 6.08 Å². The molecule has 3 heteroatoms. The predicted molar refractivity (Wildman–Crippen MR) is 97.4 cm³/mol. The van der Waals surface area contributed by atoms with Gasteiger partial charge in [-0.25, -0.2) is 0 Å². The molecule has 0 aliphatic heterocycles. The third-order valence-corrected chi connectivity index (χ3v) is 4.63. The van der Waals surface area contributed by atoms with Crippen molar-refractivity contribution < 1.29 is 4.79 Å². The third-order valence-electron chi connectivity index (χ3n) is 4.63. The average Bonchev–Trinajstić information content (AvgIpc) is 3.37. The van der Waals surface area contributed by atoms with Gasteiger partial charge in [-0.1, -0.05) is 50.3 Å². The molecule has 0 aromatic heterocycles. The van der Waals surface area contributed by atoms with Crippen molar-refractivity contribution in [1.82, 2.24) is 10.2 Å². The van der Waals surface area contributed by atoms with E-state index >= 15 is 0 Å². The van der Waals surface area contributed by atoms with Crippen LogP contribution in [0.4, 0.5) is 0 Å². The average molecular weight is 314 g/mol. The maximum Gasteiger partial charge on any atom is 0.223 e. The standard InChI is InChI=1S/C20H30N2O/c1-15(2)18-10-8-17(9-11-18)6-5-7-20(23)21-14-16(3)22(4)19-12-13-19/h5-6,8-11,15-16,19H,7,12-14H2,1-4H3,(H,21,23). The number of benzene rings is 1. The van der Waals surface area contributed by atoms with Gasteiger partial charge in [-0.05, 0) is 43.9 Å². The molecule has 0 spiro atoms. The van der Waals surface area contributed by atoms with Gasteiger partial charge in [0.2, 0.25) is 5.91 Å². The Balaban J connectivity index is 1.70. The minimum absolute atomic E-state index is 0.0936. The van der Waals surface area contributed by atoms with Gasteiger partial charge >= 0.3 is 0 Å². The summed E-state index contributed by atoms with van der Waals surface area (Å²) < 4.78 is 0. The molecule has 0 radical (unpaired) electrons. The first-order valence-electron chi connectivity index (χ1n) is 8.72. The molecule has 3 nitrogen and oxygen atoms in total. The van der Waals surface area contributed by atoms with E-state index < -0.39 is 0 Å². The van der Waals surface area contributed by atoms with Gasteiger partial charge in [0.1, 0.15) is 0 Å². The second-order valence-corrected chi connectivity index (χ2v) is 6.98. The van der Waals surface area contributed by atoms with Gasteiger partial charge in [-0.3, -0.25) is 9.69 Å². The summed E-state index contributed by atoms with van der Waals surface area (Å²) in [6, 6.07) is 9.65. The molecule has 1 saturated carbocycles. The lowest BCUT2D eigenvalue weighted by molar-refractivity contribution is -0.120. The van der Waals surface area contributed by atoms with E-state index in [1.807, 2.05) is 12.2 Å². The van der Waals surface area contributed by atoms with Gasteiger partial charge in [0.05, 0.1) is 0 Å². The first-order chi connectivity index (χ1) is 11.0. The van der Waals surface area contributed by atoms with Gasteiger partial charge in [0, 0.05) is 25.0 Å². The fourth-order valence-electron chi connectivity index (χ4n) is 2.61. The molecule has 1 fully saturated rings. The van der Waals surface area contributed by atoms with Crippen molar-refractivity contribution in [2.45, 2.75) is 58.0 Å². The minimum atomic E-state index is 0.0936. The summed E-state index contributed by atoms with van der Waals surface area (Å²) in [6.07, 6.45) is 6.99. The molecule has 0 bridgehead atoms. The van der Waals surface area contributed by atoms with Crippen LogP contribution in [0.3, 0.4) is 0 Å². The summed E-state index contributed by atoms with van der Waals surface area (Å²) in [6.45, 7) is 7.28. The molecule has 23 heavy (non-hydrogen) atoms. The molecule has 1 amide bonds. The Labute approximate surface area is 140 Å². The highest BCUT2D eigenvalue weighted by atomic mass is 16.1. The summed E-state index contributed by atoms with van der Waals surface area (Å²) in [4.78, 5) is 14.3. The van der Waals surface area contributed by atoms with E-state index in [2.05, 4.69) is 62.3 Å². The highest BCUT2D eigenvalue weighted by molar-refractivity contribution is 5.78. The Morgan fingerprint density at radius 3 is 2.48 bits per heavy atom. The van der Waals surface area contributed by atoms with Crippen molar-refractivity contribution in [2.24, 2.45) is 0 Å². The molecule has 2 rings (SSSR count). The molecule has 0 heterocycles. The lowest BCUT2D eigenvalue weighted by Gasteiger charge is -2.24. The Hall–Kier alpha value is -1.61. The van der Waals surface area contributed by atoms with Crippen LogP contribution in [-0.4, -0.2) is 36.5 Å². The maximum absolute atomic E-state index is 11.9. The normalized spacial score (nSPS) is 16.3. The predicted octanol–water partition coefficient (Wildman–Crippen LogP) is 3.81. The van der Waals surface area contributed by atoms with Gasteiger partial charge in [-0.15, -0.1) is 0 Å². The van der Waals surface area contributed by atoms with Crippen LogP contribution in [0.15, 0.2) is 30.3 Å². The molecular formula is C20H30N2O. The number of hydrogen-bond acceptors (Lipinski definition) is 2. The number of rotatable bonds is 8. The second-order valence-electron chi connectivity index (χ2n) is 6.98. The summed E-state index contributed by atoms with van der Waals surface area (Å²) >= 11 is 0. The number of hydrogen-bond donors (Lipinski definition) is 1.